The molecule has 1 aliphatic rings. The third kappa shape index (κ3) is 2.20. The number of ether oxygens (including phenoxy) is 1. The molecule has 1 aromatic rings. The molecule has 0 spiro atoms. The van der Waals surface area contributed by atoms with E-state index in [4.69, 9.17) is 4.74 Å². The van der Waals surface area contributed by atoms with Gasteiger partial charge in [0.25, 0.3) is 0 Å². The second-order valence-corrected chi connectivity index (χ2v) is 3.80. The molecule has 0 radical (unpaired) electrons. The molecule has 17 heavy (non-hydrogen) atoms. The Bertz CT molecular complexity index is 457. The Morgan fingerprint density at radius 2 is 2.12 bits per heavy atom. The van der Waals surface area contributed by atoms with Gasteiger partial charge in [0.05, 0.1) is 13.0 Å². The maximum Gasteiger partial charge on any atom is 0.396 e. The van der Waals surface area contributed by atoms with E-state index in [0.717, 1.165) is 0 Å². The van der Waals surface area contributed by atoms with Gasteiger partial charge in [-0.15, -0.1) is 0 Å². The summed E-state index contributed by atoms with van der Waals surface area (Å²) in [5.41, 5.74) is 0.251. The zero-order valence-corrected chi connectivity index (χ0v) is 8.97. The molecular weight excluding hydrogens is 235 g/mol. The van der Waals surface area contributed by atoms with Crippen LogP contribution in [-0.2, 0) is 4.79 Å². The van der Waals surface area contributed by atoms with Crippen LogP contribution in [0.4, 0.5) is 18.9 Å². The van der Waals surface area contributed by atoms with E-state index >= 15 is 0 Å². The molecular formula is C11H10F3NO2. The summed E-state index contributed by atoms with van der Waals surface area (Å²) in [5, 5.41) is 2.42. The van der Waals surface area contributed by atoms with Crippen LogP contribution in [0.5, 0.6) is 5.75 Å². The van der Waals surface area contributed by atoms with Gasteiger partial charge in [-0.2, -0.15) is 13.2 Å². The summed E-state index contributed by atoms with van der Waals surface area (Å²) in [6.45, 7) is 0. The average molecular weight is 245 g/mol. The largest absolute Gasteiger partial charge is 0.497 e. The van der Waals surface area contributed by atoms with Crippen LogP contribution in [0, 0.1) is 0 Å². The molecule has 3 nitrogen and oxygen atoms in total. The van der Waals surface area contributed by atoms with Crippen LogP contribution in [-0.4, -0.2) is 19.2 Å². The van der Waals surface area contributed by atoms with Gasteiger partial charge < -0.3 is 10.1 Å². The maximum absolute atomic E-state index is 12.8. The van der Waals surface area contributed by atoms with E-state index in [9.17, 15) is 18.0 Å². The van der Waals surface area contributed by atoms with Crippen molar-refractivity contribution in [2.75, 3.05) is 12.4 Å². The van der Waals surface area contributed by atoms with E-state index < -0.39 is 24.4 Å². The monoisotopic (exact) mass is 245 g/mol. The number of amides is 1. The molecule has 0 unspecified atom stereocenters. The Kier molecular flexibility index (Phi) is 2.73. The Labute approximate surface area is 95.6 Å². The summed E-state index contributed by atoms with van der Waals surface area (Å²) in [6, 6.07) is 4.19. The number of benzene rings is 1. The van der Waals surface area contributed by atoms with Crippen molar-refractivity contribution < 1.29 is 22.7 Å². The number of rotatable bonds is 1. The number of carbonyl (C=O) groups excluding carboxylic acids is 1. The number of halogens is 3. The Morgan fingerprint density at radius 1 is 1.41 bits per heavy atom. The molecule has 0 bridgehead atoms. The van der Waals surface area contributed by atoms with E-state index in [2.05, 4.69) is 5.32 Å². The number of nitrogens with one attached hydrogen (secondary N) is 1. The fourth-order valence-corrected chi connectivity index (χ4v) is 1.86. The topological polar surface area (TPSA) is 38.3 Å². The van der Waals surface area contributed by atoms with Gasteiger partial charge in [-0.05, 0) is 11.6 Å². The number of carbonyl (C=O) groups is 1. The smallest absolute Gasteiger partial charge is 0.396 e. The molecule has 1 aromatic carbocycles. The van der Waals surface area contributed by atoms with Gasteiger partial charge in [0.2, 0.25) is 5.91 Å². The zero-order chi connectivity index (χ0) is 12.6. The van der Waals surface area contributed by atoms with Crippen LogP contribution < -0.4 is 10.1 Å². The Hall–Kier alpha value is -1.72. The highest BCUT2D eigenvalue weighted by atomic mass is 19.4. The molecule has 1 heterocycles. The van der Waals surface area contributed by atoms with Gasteiger partial charge in [-0.3, -0.25) is 4.79 Å². The van der Waals surface area contributed by atoms with Crippen molar-refractivity contribution in [3.8, 4) is 5.75 Å². The lowest BCUT2D eigenvalue weighted by molar-refractivity contribution is -0.156. The number of fused-ring (bicyclic) bond motifs is 1. The first-order valence-electron chi connectivity index (χ1n) is 4.96. The Morgan fingerprint density at radius 3 is 2.71 bits per heavy atom. The molecule has 0 aromatic heterocycles. The van der Waals surface area contributed by atoms with Crippen molar-refractivity contribution in [1.29, 1.82) is 0 Å². The van der Waals surface area contributed by atoms with Gasteiger partial charge in [-0.1, -0.05) is 6.07 Å². The minimum atomic E-state index is -4.42. The fraction of sp³-hybridized carbons (Fsp3) is 0.364. The number of anilines is 1. The molecule has 1 aliphatic heterocycles. The first-order valence-corrected chi connectivity index (χ1v) is 4.96. The molecule has 92 valence electrons. The summed E-state index contributed by atoms with van der Waals surface area (Å²) < 4.78 is 43.2. The second kappa shape index (κ2) is 3.94. The first kappa shape index (κ1) is 11.8. The van der Waals surface area contributed by atoms with E-state index in [1.165, 1.54) is 25.3 Å². The number of hydrogen-bond donors (Lipinski definition) is 1. The van der Waals surface area contributed by atoms with E-state index in [1.807, 2.05) is 0 Å². The van der Waals surface area contributed by atoms with Gasteiger partial charge in [-0.25, -0.2) is 0 Å². The van der Waals surface area contributed by atoms with Gasteiger partial charge in [0, 0.05) is 18.2 Å². The number of hydrogen-bond acceptors (Lipinski definition) is 2. The lowest BCUT2D eigenvalue weighted by Gasteiger charge is -2.27. The molecule has 0 saturated carbocycles. The molecule has 1 amide bonds. The van der Waals surface area contributed by atoms with Crippen LogP contribution in [0.2, 0.25) is 0 Å². The molecule has 1 N–H and O–H groups in total. The van der Waals surface area contributed by atoms with Crippen LogP contribution >= 0.6 is 0 Å². The number of alkyl halides is 3. The second-order valence-electron chi connectivity index (χ2n) is 3.80. The van der Waals surface area contributed by atoms with Crippen LogP contribution in [0.15, 0.2) is 18.2 Å². The van der Waals surface area contributed by atoms with E-state index in [1.54, 1.807) is 0 Å². The highest BCUT2D eigenvalue weighted by Crippen LogP contribution is 2.44. The Balaban J connectivity index is 2.47. The molecule has 6 heteroatoms. The van der Waals surface area contributed by atoms with Crippen molar-refractivity contribution >= 4 is 11.6 Å². The molecule has 2 rings (SSSR count). The van der Waals surface area contributed by atoms with Gasteiger partial charge >= 0.3 is 6.18 Å². The summed E-state index contributed by atoms with van der Waals surface area (Å²) in [4.78, 5) is 11.2. The minimum Gasteiger partial charge on any atom is -0.497 e. The van der Waals surface area contributed by atoms with Crippen molar-refractivity contribution in [2.24, 2.45) is 0 Å². The SMILES string of the molecule is COc1ccc2c(c1)NC(=O)C[C@@H]2C(F)(F)F. The van der Waals surface area contributed by atoms with Crippen molar-refractivity contribution in [2.45, 2.75) is 18.5 Å². The fourth-order valence-electron chi connectivity index (χ4n) is 1.86. The quantitative estimate of drug-likeness (QED) is 0.826. The van der Waals surface area contributed by atoms with Gasteiger partial charge in [0.15, 0.2) is 0 Å². The van der Waals surface area contributed by atoms with Crippen LogP contribution in [0.1, 0.15) is 17.9 Å². The lowest BCUT2D eigenvalue weighted by Crippen LogP contribution is -2.31. The van der Waals surface area contributed by atoms with Crippen molar-refractivity contribution in [1.82, 2.24) is 0 Å². The van der Waals surface area contributed by atoms with Crippen LogP contribution in [0.3, 0.4) is 0 Å². The molecule has 0 fully saturated rings. The molecule has 1 atom stereocenters. The predicted octanol–water partition coefficient (Wildman–Crippen LogP) is 2.68. The third-order valence-electron chi connectivity index (χ3n) is 2.69. The predicted molar refractivity (Wildman–Crippen MR) is 55.0 cm³/mol. The van der Waals surface area contributed by atoms with E-state index in [0.29, 0.717) is 5.75 Å². The summed E-state index contributed by atoms with van der Waals surface area (Å²) in [5.74, 6) is -1.96. The summed E-state index contributed by atoms with van der Waals surface area (Å²) in [6.07, 6.45) is -4.98. The highest BCUT2D eigenvalue weighted by Gasteiger charge is 2.45. The normalized spacial score (nSPS) is 19.5. The van der Waals surface area contributed by atoms with Crippen molar-refractivity contribution in [3.05, 3.63) is 23.8 Å². The minimum absolute atomic E-state index is 0.0814. The average Bonchev–Trinajstić information content (AvgIpc) is 2.25. The van der Waals surface area contributed by atoms with Gasteiger partial charge in [0.1, 0.15) is 5.75 Å². The molecule has 0 saturated heterocycles. The maximum atomic E-state index is 12.8. The third-order valence-corrected chi connectivity index (χ3v) is 2.69. The lowest BCUT2D eigenvalue weighted by atomic mass is 9.90. The van der Waals surface area contributed by atoms with Crippen molar-refractivity contribution in [3.63, 3.8) is 0 Å². The first-order chi connectivity index (χ1) is 7.91. The standard InChI is InChI=1S/C11H10F3NO2/c1-17-6-2-3-7-8(11(12,13)14)5-10(16)15-9(7)4-6/h2-4,8H,5H2,1H3,(H,15,16)/t8-/m0/s1. The molecule has 0 aliphatic carbocycles. The zero-order valence-electron chi connectivity index (χ0n) is 8.97. The van der Waals surface area contributed by atoms with Crippen LogP contribution in [0.25, 0.3) is 0 Å². The van der Waals surface area contributed by atoms with E-state index in [-0.39, 0.29) is 11.3 Å². The highest BCUT2D eigenvalue weighted by molar-refractivity contribution is 5.95. The summed E-state index contributed by atoms with van der Waals surface area (Å²) in [7, 11) is 1.41. The number of methoxy groups -OCH3 is 1. The summed E-state index contributed by atoms with van der Waals surface area (Å²) >= 11 is 0.